The van der Waals surface area contributed by atoms with Crippen molar-refractivity contribution in [3.8, 4) is 11.1 Å². The van der Waals surface area contributed by atoms with Gasteiger partial charge in [0, 0.05) is 22.4 Å². The third kappa shape index (κ3) is 2.85. The Morgan fingerprint density at radius 3 is 2.59 bits per heavy atom. The molecular formula is C24H23BN3O+. The van der Waals surface area contributed by atoms with Gasteiger partial charge in [-0.1, -0.05) is 36.3 Å². The number of pyridine rings is 2. The average Bonchev–Trinajstić information content (AvgIpc) is 3.07. The molecule has 0 atom stereocenters. The third-order valence-corrected chi connectivity index (χ3v) is 5.72. The summed E-state index contributed by atoms with van der Waals surface area (Å²) >= 11 is 0. The summed E-state index contributed by atoms with van der Waals surface area (Å²) in [5, 5.41) is 2.23. The number of hydrogen-bond acceptors (Lipinski definition) is 3. The molecule has 4 heterocycles. The molecule has 0 saturated carbocycles. The Balaban J connectivity index is 1.72. The highest BCUT2D eigenvalue weighted by Gasteiger charge is 2.34. The fourth-order valence-corrected chi connectivity index (χ4v) is 4.24. The minimum Gasteiger partial charge on any atom is -0.434 e. The first-order valence-electron chi connectivity index (χ1n) is 9.96. The van der Waals surface area contributed by atoms with E-state index in [-0.39, 0.29) is 6.85 Å². The highest BCUT2D eigenvalue weighted by atomic mass is 16.3. The van der Waals surface area contributed by atoms with Crippen molar-refractivity contribution in [3.63, 3.8) is 0 Å². The molecule has 142 valence electrons. The molecule has 0 aliphatic carbocycles. The highest BCUT2D eigenvalue weighted by Crippen LogP contribution is 2.25. The largest absolute Gasteiger partial charge is 0.434 e. The second-order valence-electron chi connectivity index (χ2n) is 7.76. The van der Waals surface area contributed by atoms with Crippen LogP contribution in [0.3, 0.4) is 0 Å². The second kappa shape index (κ2) is 6.62. The minimum atomic E-state index is 0.196. The van der Waals surface area contributed by atoms with Crippen LogP contribution in [-0.2, 0) is 7.05 Å². The molecule has 1 aliphatic rings. The molecule has 0 saturated heterocycles. The van der Waals surface area contributed by atoms with Gasteiger partial charge in [0.25, 0.3) is 5.82 Å². The maximum Gasteiger partial charge on any atom is 0.402 e. The molecule has 0 unspecified atom stereocenters. The molecule has 0 radical (unpaired) electrons. The van der Waals surface area contributed by atoms with Gasteiger partial charge in [0.1, 0.15) is 5.70 Å². The van der Waals surface area contributed by atoms with Gasteiger partial charge < -0.3 is 4.42 Å². The Hall–Kier alpha value is -3.34. The molecule has 0 bridgehead atoms. The molecule has 0 N–H and O–H groups in total. The Kier molecular flexibility index (Phi) is 4.05. The number of anilines is 1. The normalized spacial score (nSPS) is 13.6. The second-order valence-corrected chi connectivity index (χ2v) is 7.76. The van der Waals surface area contributed by atoms with Gasteiger partial charge in [-0.3, -0.25) is 4.81 Å². The number of furan rings is 1. The zero-order valence-corrected chi connectivity index (χ0v) is 17.2. The molecular weight excluding hydrogens is 357 g/mol. The lowest BCUT2D eigenvalue weighted by Crippen LogP contribution is -2.50. The number of fused-ring (bicyclic) bond motifs is 3. The topological polar surface area (TPSA) is 33.2 Å². The summed E-state index contributed by atoms with van der Waals surface area (Å²) in [6, 6.07) is 19.1. The van der Waals surface area contributed by atoms with Gasteiger partial charge in [0.15, 0.2) is 5.42 Å². The van der Waals surface area contributed by atoms with Crippen LogP contribution in [-0.4, -0.2) is 11.8 Å². The molecule has 1 aliphatic heterocycles. The number of rotatable bonds is 2. The zero-order chi connectivity index (χ0) is 20.1. The molecule has 0 spiro atoms. The molecule has 29 heavy (non-hydrogen) atoms. The van der Waals surface area contributed by atoms with E-state index in [2.05, 4.69) is 89.8 Å². The Bertz CT molecular complexity index is 1360. The first-order valence-corrected chi connectivity index (χ1v) is 9.96. The number of hydrogen-bond donors (Lipinski definition) is 0. The zero-order valence-electron chi connectivity index (χ0n) is 17.2. The number of aromatic nitrogens is 2. The summed E-state index contributed by atoms with van der Waals surface area (Å²) in [6.07, 6.45) is 2.12. The maximum absolute atomic E-state index is 6.21. The molecule has 3 aromatic heterocycles. The van der Waals surface area contributed by atoms with Gasteiger partial charge in [-0.15, -0.1) is 0 Å². The Labute approximate surface area is 170 Å². The predicted octanol–water partition coefficient (Wildman–Crippen LogP) is 3.22. The van der Waals surface area contributed by atoms with E-state index < -0.39 is 0 Å². The third-order valence-electron chi connectivity index (χ3n) is 5.72. The van der Waals surface area contributed by atoms with Crippen molar-refractivity contribution in [2.75, 3.05) is 4.81 Å². The minimum absolute atomic E-state index is 0.196. The fraction of sp³-hybridized carbons (Fsp3) is 0.167. The van der Waals surface area contributed by atoms with Gasteiger partial charge in [0.2, 0.25) is 5.71 Å². The van der Waals surface area contributed by atoms with Crippen molar-refractivity contribution in [3.05, 3.63) is 77.1 Å². The van der Waals surface area contributed by atoms with Crippen molar-refractivity contribution in [1.29, 1.82) is 0 Å². The summed E-state index contributed by atoms with van der Waals surface area (Å²) in [7, 11) is 2.09. The van der Waals surface area contributed by atoms with E-state index >= 15 is 0 Å². The quantitative estimate of drug-likeness (QED) is 0.396. The van der Waals surface area contributed by atoms with Crippen LogP contribution in [0, 0.1) is 6.92 Å². The van der Waals surface area contributed by atoms with Gasteiger partial charge in [-0.2, -0.15) is 0 Å². The number of nitrogens with zero attached hydrogens (tertiary/aromatic N) is 3. The van der Waals surface area contributed by atoms with Crippen molar-refractivity contribution in [1.82, 2.24) is 4.98 Å². The number of benzene rings is 1. The van der Waals surface area contributed by atoms with Crippen LogP contribution < -0.4 is 20.0 Å². The van der Waals surface area contributed by atoms with Crippen LogP contribution in [0.25, 0.3) is 33.9 Å². The monoisotopic (exact) mass is 380 g/mol. The van der Waals surface area contributed by atoms with E-state index in [4.69, 9.17) is 4.42 Å². The van der Waals surface area contributed by atoms with Crippen LogP contribution >= 0.6 is 0 Å². The molecule has 4 aromatic rings. The van der Waals surface area contributed by atoms with Crippen molar-refractivity contribution in [2.45, 2.75) is 20.7 Å². The summed E-state index contributed by atoms with van der Waals surface area (Å²) in [6.45, 7) is 6.54. The van der Waals surface area contributed by atoms with Crippen molar-refractivity contribution < 1.29 is 8.98 Å². The van der Waals surface area contributed by atoms with E-state index in [9.17, 15) is 0 Å². The smallest absolute Gasteiger partial charge is 0.402 e. The summed E-state index contributed by atoms with van der Waals surface area (Å²) in [4.78, 5) is 6.92. The van der Waals surface area contributed by atoms with Crippen LogP contribution in [0.5, 0.6) is 0 Å². The van der Waals surface area contributed by atoms with E-state index in [0.29, 0.717) is 5.71 Å². The molecule has 5 heteroatoms. The van der Waals surface area contributed by atoms with Gasteiger partial charge >= 0.3 is 6.85 Å². The lowest BCUT2D eigenvalue weighted by Gasteiger charge is -2.23. The van der Waals surface area contributed by atoms with Gasteiger partial charge in [-0.25, -0.2) is 9.55 Å². The average molecular weight is 380 g/mol. The van der Waals surface area contributed by atoms with E-state index in [1.807, 2.05) is 19.1 Å². The lowest BCUT2D eigenvalue weighted by molar-refractivity contribution is -0.657. The first-order chi connectivity index (χ1) is 14.0. The molecule has 4 nitrogen and oxygen atoms in total. The maximum atomic E-state index is 6.21. The van der Waals surface area contributed by atoms with E-state index in [0.717, 1.165) is 33.2 Å². The fourth-order valence-electron chi connectivity index (χ4n) is 4.24. The van der Waals surface area contributed by atoms with Crippen LogP contribution in [0.1, 0.15) is 12.6 Å². The van der Waals surface area contributed by atoms with Crippen LogP contribution in [0.2, 0.25) is 6.82 Å². The summed E-state index contributed by atoms with van der Waals surface area (Å²) in [5.74, 6) is 3.41. The summed E-state index contributed by atoms with van der Waals surface area (Å²) in [5.41, 5.74) is 6.10. The molecule has 1 aromatic carbocycles. The van der Waals surface area contributed by atoms with Gasteiger partial charge in [-0.05, 0) is 50.0 Å². The van der Waals surface area contributed by atoms with E-state index in [1.165, 1.54) is 11.1 Å². The first kappa shape index (κ1) is 17.7. The summed E-state index contributed by atoms with van der Waals surface area (Å²) < 4.78 is 8.37. The Morgan fingerprint density at radius 2 is 1.79 bits per heavy atom. The molecule has 5 rings (SSSR count). The Morgan fingerprint density at radius 1 is 1.00 bits per heavy atom. The molecule has 0 fully saturated rings. The highest BCUT2D eigenvalue weighted by molar-refractivity contribution is 6.77. The van der Waals surface area contributed by atoms with Crippen molar-refractivity contribution >= 4 is 35.4 Å². The lowest BCUT2D eigenvalue weighted by atomic mass is 9.60. The predicted molar refractivity (Wildman–Crippen MR) is 119 cm³/mol. The molecule has 0 amide bonds. The van der Waals surface area contributed by atoms with E-state index in [1.54, 1.807) is 0 Å². The van der Waals surface area contributed by atoms with Crippen LogP contribution in [0.15, 0.2) is 65.2 Å². The SMILES string of the molecule is CB1C=c2c(oc3nc(C)ccc23)=C(C)N1c1cc(-c2ccccc2)cc[n+]1C. The standard InChI is InChI=1S/C24H23BN3O/c1-16-10-11-20-21-15-25(3)28(17(2)23(21)29-24(20)26-16)22-14-19(12-13-27(22)4)18-8-6-5-7-9-18/h5-15H,1-4H3/q+1. The van der Waals surface area contributed by atoms with Gasteiger partial charge in [0.05, 0.1) is 13.2 Å². The van der Waals surface area contributed by atoms with Crippen molar-refractivity contribution in [2.24, 2.45) is 7.05 Å². The number of aryl methyl sites for hydroxylation is 2. The van der Waals surface area contributed by atoms with Crippen LogP contribution in [0.4, 0.5) is 5.82 Å².